The normalized spacial score (nSPS) is 17.4. The van der Waals surface area contributed by atoms with Crippen LogP contribution in [0.1, 0.15) is 39.0 Å². The Bertz CT molecular complexity index is 567. The molecule has 1 atom stereocenters. The van der Waals surface area contributed by atoms with Crippen LogP contribution in [0.3, 0.4) is 0 Å². The van der Waals surface area contributed by atoms with Gasteiger partial charge in [0, 0.05) is 6.04 Å². The minimum absolute atomic E-state index is 0.00564. The van der Waals surface area contributed by atoms with Gasteiger partial charge in [-0.15, -0.1) is 0 Å². The van der Waals surface area contributed by atoms with Gasteiger partial charge in [0.2, 0.25) is 0 Å². The Morgan fingerprint density at radius 1 is 1.52 bits per heavy atom. The van der Waals surface area contributed by atoms with Crippen LogP contribution < -0.4 is 10.9 Å². The number of nitrogens with one attached hydrogen (secondary N) is 1. The summed E-state index contributed by atoms with van der Waals surface area (Å²) in [5, 5.41) is 15.8. The highest BCUT2D eigenvalue weighted by Gasteiger charge is 2.21. The van der Waals surface area contributed by atoms with Crippen LogP contribution in [0, 0.1) is 5.92 Å². The van der Waals surface area contributed by atoms with Crippen LogP contribution in [0.4, 0.5) is 5.69 Å². The number of anilines is 1. The number of hydrogen-bond acceptors (Lipinski definition) is 4. The van der Waals surface area contributed by atoms with Crippen molar-refractivity contribution in [3.8, 4) is 0 Å². The maximum Gasteiger partial charge on any atom is 0.325 e. The Kier molecular flexibility index (Phi) is 5.22. The van der Waals surface area contributed by atoms with E-state index in [1.165, 1.54) is 38.3 Å². The summed E-state index contributed by atoms with van der Waals surface area (Å²) in [5.41, 5.74) is -0.110. The van der Waals surface area contributed by atoms with Crippen molar-refractivity contribution in [3.05, 3.63) is 21.6 Å². The van der Waals surface area contributed by atoms with Crippen LogP contribution in [0.25, 0.3) is 0 Å². The monoisotopic (exact) mass is 313 g/mol. The first-order valence-electron chi connectivity index (χ1n) is 7.23. The fourth-order valence-corrected chi connectivity index (χ4v) is 3.00. The third-order valence-electron chi connectivity index (χ3n) is 4.01. The minimum atomic E-state index is -1.13. The molecule has 1 aliphatic carbocycles. The molecular weight excluding hydrogens is 294 g/mol. The standard InChI is InChI=1S/C14H20ClN3O3/c1-9(10-5-3-2-4-6-10)17-11-7-16-18(8-12(19)20)14(21)13(11)15/h7,9-10,17H,2-6,8H2,1H3,(H,19,20). The Balaban J connectivity index is 2.11. The summed E-state index contributed by atoms with van der Waals surface area (Å²) in [7, 11) is 0. The summed E-state index contributed by atoms with van der Waals surface area (Å²) in [6.07, 6.45) is 7.54. The van der Waals surface area contributed by atoms with Gasteiger partial charge in [0.05, 0.1) is 11.9 Å². The number of aliphatic carboxylic acids is 1. The highest BCUT2D eigenvalue weighted by Crippen LogP contribution is 2.28. The number of rotatable bonds is 5. The summed E-state index contributed by atoms with van der Waals surface area (Å²) < 4.78 is 0.848. The highest BCUT2D eigenvalue weighted by molar-refractivity contribution is 6.32. The fourth-order valence-electron chi connectivity index (χ4n) is 2.80. The first-order valence-corrected chi connectivity index (χ1v) is 7.60. The van der Waals surface area contributed by atoms with Gasteiger partial charge < -0.3 is 10.4 Å². The number of halogens is 1. The molecule has 0 aliphatic heterocycles. The van der Waals surface area contributed by atoms with E-state index in [1.54, 1.807) is 0 Å². The van der Waals surface area contributed by atoms with Gasteiger partial charge in [-0.3, -0.25) is 9.59 Å². The minimum Gasteiger partial charge on any atom is -0.480 e. The molecule has 1 aliphatic rings. The van der Waals surface area contributed by atoms with Gasteiger partial charge in [-0.05, 0) is 25.7 Å². The molecule has 0 bridgehead atoms. The lowest BCUT2D eigenvalue weighted by molar-refractivity contribution is -0.138. The van der Waals surface area contributed by atoms with E-state index in [0.29, 0.717) is 11.6 Å². The predicted molar refractivity (Wildman–Crippen MR) is 80.8 cm³/mol. The quantitative estimate of drug-likeness (QED) is 0.871. The van der Waals surface area contributed by atoms with Crippen molar-refractivity contribution in [1.29, 1.82) is 0 Å². The average molecular weight is 314 g/mol. The molecule has 116 valence electrons. The molecule has 1 aromatic rings. The van der Waals surface area contributed by atoms with Crippen LogP contribution in [0.15, 0.2) is 11.0 Å². The molecule has 0 amide bonds. The van der Waals surface area contributed by atoms with Crippen molar-refractivity contribution in [2.75, 3.05) is 5.32 Å². The third-order valence-corrected chi connectivity index (χ3v) is 4.38. The molecular formula is C14H20ClN3O3. The summed E-state index contributed by atoms with van der Waals surface area (Å²) in [4.78, 5) is 22.6. The van der Waals surface area contributed by atoms with Crippen molar-refractivity contribution in [2.45, 2.75) is 51.6 Å². The summed E-state index contributed by atoms with van der Waals surface area (Å²) in [6, 6.07) is 0.208. The van der Waals surface area contributed by atoms with E-state index in [0.717, 1.165) is 4.68 Å². The van der Waals surface area contributed by atoms with Crippen molar-refractivity contribution in [2.24, 2.45) is 5.92 Å². The number of hydrogen-bond donors (Lipinski definition) is 2. The lowest BCUT2D eigenvalue weighted by atomic mass is 9.84. The fraction of sp³-hybridized carbons (Fsp3) is 0.643. The molecule has 1 heterocycles. The lowest BCUT2D eigenvalue weighted by Crippen LogP contribution is -2.31. The number of carbonyl (C=O) groups is 1. The zero-order chi connectivity index (χ0) is 15.4. The molecule has 0 radical (unpaired) electrons. The number of aromatic nitrogens is 2. The van der Waals surface area contributed by atoms with Crippen LogP contribution in [-0.4, -0.2) is 26.9 Å². The zero-order valence-electron chi connectivity index (χ0n) is 12.0. The second-order valence-electron chi connectivity index (χ2n) is 5.56. The van der Waals surface area contributed by atoms with E-state index < -0.39 is 18.1 Å². The molecule has 21 heavy (non-hydrogen) atoms. The second-order valence-corrected chi connectivity index (χ2v) is 5.94. The Morgan fingerprint density at radius 2 is 2.19 bits per heavy atom. The topological polar surface area (TPSA) is 84.2 Å². The Hall–Kier alpha value is -1.56. The zero-order valence-corrected chi connectivity index (χ0v) is 12.8. The van der Waals surface area contributed by atoms with Gasteiger partial charge >= 0.3 is 5.97 Å². The Labute approximate surface area is 128 Å². The van der Waals surface area contributed by atoms with Gasteiger partial charge in [0.15, 0.2) is 0 Å². The molecule has 2 N–H and O–H groups in total. The van der Waals surface area contributed by atoms with Gasteiger partial charge in [-0.2, -0.15) is 5.10 Å². The summed E-state index contributed by atoms with van der Waals surface area (Å²) in [5.74, 6) is -0.562. The molecule has 2 rings (SSSR count). The van der Waals surface area contributed by atoms with Crippen LogP contribution in [0.2, 0.25) is 5.02 Å². The summed E-state index contributed by atoms with van der Waals surface area (Å²) in [6.45, 7) is 1.59. The van der Waals surface area contributed by atoms with Crippen molar-refractivity contribution < 1.29 is 9.90 Å². The maximum atomic E-state index is 11.9. The number of carboxylic acid groups (broad SMARTS) is 1. The average Bonchev–Trinajstić information content (AvgIpc) is 2.47. The van der Waals surface area contributed by atoms with E-state index in [9.17, 15) is 9.59 Å². The first-order chi connectivity index (χ1) is 9.99. The van der Waals surface area contributed by atoms with Crippen LogP contribution in [0.5, 0.6) is 0 Å². The van der Waals surface area contributed by atoms with Crippen molar-refractivity contribution >= 4 is 23.3 Å². The third kappa shape index (κ3) is 3.97. The molecule has 0 saturated heterocycles. The van der Waals surface area contributed by atoms with E-state index >= 15 is 0 Å². The SMILES string of the molecule is CC(Nc1cnn(CC(=O)O)c(=O)c1Cl)C1CCCCC1. The lowest BCUT2D eigenvalue weighted by Gasteiger charge is -2.29. The van der Waals surface area contributed by atoms with Crippen molar-refractivity contribution in [3.63, 3.8) is 0 Å². The number of nitrogens with zero attached hydrogens (tertiary/aromatic N) is 2. The summed E-state index contributed by atoms with van der Waals surface area (Å²) >= 11 is 6.04. The van der Waals surface area contributed by atoms with E-state index in [-0.39, 0.29) is 11.1 Å². The molecule has 1 unspecified atom stereocenters. The molecule has 1 saturated carbocycles. The molecule has 0 spiro atoms. The smallest absolute Gasteiger partial charge is 0.325 e. The number of carboxylic acids is 1. The largest absolute Gasteiger partial charge is 0.480 e. The molecule has 0 aromatic carbocycles. The van der Waals surface area contributed by atoms with Crippen molar-refractivity contribution in [1.82, 2.24) is 9.78 Å². The predicted octanol–water partition coefficient (Wildman–Crippen LogP) is 2.36. The molecule has 6 nitrogen and oxygen atoms in total. The van der Waals surface area contributed by atoms with E-state index in [2.05, 4.69) is 17.3 Å². The maximum absolute atomic E-state index is 11.9. The van der Waals surface area contributed by atoms with E-state index in [1.807, 2.05) is 0 Å². The molecule has 7 heteroatoms. The highest BCUT2D eigenvalue weighted by atomic mass is 35.5. The molecule has 1 aromatic heterocycles. The molecule has 1 fully saturated rings. The van der Waals surface area contributed by atoms with Gasteiger partial charge in [-0.1, -0.05) is 30.9 Å². The first kappa shape index (κ1) is 15.8. The Morgan fingerprint density at radius 3 is 2.81 bits per heavy atom. The van der Waals surface area contributed by atoms with Crippen LogP contribution >= 0.6 is 11.6 Å². The van der Waals surface area contributed by atoms with Gasteiger partial charge in [0.1, 0.15) is 11.6 Å². The van der Waals surface area contributed by atoms with Gasteiger partial charge in [0.25, 0.3) is 5.56 Å². The van der Waals surface area contributed by atoms with Gasteiger partial charge in [-0.25, -0.2) is 4.68 Å². The van der Waals surface area contributed by atoms with E-state index in [4.69, 9.17) is 16.7 Å². The van der Waals surface area contributed by atoms with Crippen LogP contribution in [-0.2, 0) is 11.3 Å². The second kappa shape index (κ2) is 6.93.